The second kappa shape index (κ2) is 7.26. The van der Waals surface area contributed by atoms with Gasteiger partial charge in [-0.2, -0.15) is 0 Å². The molecule has 128 valence electrons. The van der Waals surface area contributed by atoms with Crippen molar-refractivity contribution in [1.82, 2.24) is 4.90 Å². The Morgan fingerprint density at radius 3 is 2.12 bits per heavy atom. The van der Waals surface area contributed by atoms with E-state index in [1.807, 2.05) is 0 Å². The Hall–Kier alpha value is -1.36. The van der Waals surface area contributed by atoms with Crippen LogP contribution in [0.1, 0.15) is 25.3 Å². The van der Waals surface area contributed by atoms with Gasteiger partial charge in [0.1, 0.15) is 0 Å². The van der Waals surface area contributed by atoms with E-state index in [0.717, 1.165) is 24.1 Å². The summed E-state index contributed by atoms with van der Waals surface area (Å²) in [5.74, 6) is 0. The lowest BCUT2D eigenvalue weighted by Gasteiger charge is -2.20. The zero-order chi connectivity index (χ0) is 17.2. The molecule has 0 saturated carbocycles. The number of nitrogens with zero attached hydrogens (tertiary/aromatic N) is 1. The second-order valence-electron chi connectivity index (χ2n) is 6.44. The summed E-state index contributed by atoms with van der Waals surface area (Å²) < 4.78 is 22.6. The number of hydrogen-bond acceptors (Lipinski definition) is 3. The average molecular weight is 364 g/mol. The first-order chi connectivity index (χ1) is 11.4. The summed E-state index contributed by atoms with van der Waals surface area (Å²) >= 11 is 0. The molecule has 0 amide bonds. The molecular weight excluding hydrogens is 342 g/mol. The van der Waals surface area contributed by atoms with Gasteiger partial charge >= 0.3 is 0 Å². The van der Waals surface area contributed by atoms with Crippen molar-refractivity contribution in [3.63, 3.8) is 0 Å². The normalized spacial score (nSPS) is 18.8. The molecule has 0 N–H and O–H groups in total. The van der Waals surface area contributed by atoms with Gasteiger partial charge < -0.3 is 4.90 Å². The molecule has 1 atom stereocenters. The van der Waals surface area contributed by atoms with Crippen molar-refractivity contribution >= 4 is 19.7 Å². The Bertz CT molecular complexity index is 785. The fraction of sp³-hybridized carbons (Fsp3) is 0.368. The van der Waals surface area contributed by atoms with Gasteiger partial charge in [0, 0.05) is 23.3 Å². The van der Waals surface area contributed by atoms with Crippen molar-refractivity contribution in [3.05, 3.63) is 54.1 Å². The third-order valence-corrected chi connectivity index (χ3v) is 6.17. The Labute approximate surface area is 148 Å². The molecule has 0 aromatic heterocycles. The maximum absolute atomic E-state index is 11.3. The largest absolute Gasteiger partial charge is 0.300 e. The number of benzene rings is 2. The Morgan fingerprint density at radius 1 is 1.04 bits per heavy atom. The molecule has 1 fully saturated rings. The van der Waals surface area contributed by atoms with Crippen molar-refractivity contribution in [3.8, 4) is 11.1 Å². The summed E-state index contributed by atoms with van der Waals surface area (Å²) in [6, 6.07) is 15.9. The van der Waals surface area contributed by atoms with Crippen molar-refractivity contribution in [2.75, 3.05) is 13.1 Å². The Morgan fingerprint density at radius 2 is 1.62 bits per heavy atom. The van der Waals surface area contributed by atoms with Crippen LogP contribution in [0.4, 0.5) is 0 Å². The van der Waals surface area contributed by atoms with Crippen LogP contribution in [0, 0.1) is 0 Å². The van der Waals surface area contributed by atoms with E-state index >= 15 is 0 Å². The molecule has 1 aliphatic rings. The maximum atomic E-state index is 11.3. The minimum atomic E-state index is -3.66. The molecule has 3 nitrogen and oxygen atoms in total. The molecular formula is C19H22ClNO2S. The van der Waals surface area contributed by atoms with E-state index in [1.54, 1.807) is 24.3 Å². The summed E-state index contributed by atoms with van der Waals surface area (Å²) in [6.07, 6.45) is 3.69. The molecule has 24 heavy (non-hydrogen) atoms. The van der Waals surface area contributed by atoms with Gasteiger partial charge in [-0.1, -0.05) is 36.4 Å². The van der Waals surface area contributed by atoms with Crippen molar-refractivity contribution in [1.29, 1.82) is 0 Å². The second-order valence-corrected chi connectivity index (χ2v) is 9.00. The van der Waals surface area contributed by atoms with E-state index in [-0.39, 0.29) is 4.90 Å². The van der Waals surface area contributed by atoms with Crippen LogP contribution in [0.2, 0.25) is 0 Å². The molecule has 0 spiro atoms. The smallest absolute Gasteiger partial charge is 0.261 e. The van der Waals surface area contributed by atoms with Crippen LogP contribution in [-0.4, -0.2) is 32.4 Å². The summed E-state index contributed by atoms with van der Waals surface area (Å²) in [5.41, 5.74) is 3.39. The van der Waals surface area contributed by atoms with Crippen molar-refractivity contribution in [2.24, 2.45) is 0 Å². The Balaban J connectivity index is 1.65. The van der Waals surface area contributed by atoms with Gasteiger partial charge in [0.05, 0.1) is 4.90 Å². The zero-order valence-corrected chi connectivity index (χ0v) is 15.4. The summed E-state index contributed by atoms with van der Waals surface area (Å²) in [6.45, 7) is 4.64. The summed E-state index contributed by atoms with van der Waals surface area (Å²) in [5, 5.41) is 0. The molecule has 0 radical (unpaired) electrons. The van der Waals surface area contributed by atoms with Gasteiger partial charge in [-0.15, -0.1) is 0 Å². The highest BCUT2D eigenvalue weighted by Gasteiger charge is 2.19. The van der Waals surface area contributed by atoms with Gasteiger partial charge in [0.15, 0.2) is 0 Å². The van der Waals surface area contributed by atoms with Gasteiger partial charge in [0.2, 0.25) is 0 Å². The predicted molar refractivity (Wildman–Crippen MR) is 98.9 cm³/mol. The highest BCUT2D eigenvalue weighted by Crippen LogP contribution is 2.24. The van der Waals surface area contributed by atoms with Crippen molar-refractivity contribution < 1.29 is 8.42 Å². The first-order valence-corrected chi connectivity index (χ1v) is 10.6. The molecule has 1 unspecified atom stereocenters. The number of hydrogen-bond donors (Lipinski definition) is 0. The van der Waals surface area contributed by atoms with E-state index in [9.17, 15) is 8.42 Å². The lowest BCUT2D eigenvalue weighted by atomic mass is 10.0. The molecule has 5 heteroatoms. The van der Waals surface area contributed by atoms with Crippen LogP contribution in [0.5, 0.6) is 0 Å². The van der Waals surface area contributed by atoms with E-state index < -0.39 is 9.05 Å². The van der Waals surface area contributed by atoms with Crippen LogP contribution in [0.25, 0.3) is 11.1 Å². The zero-order valence-electron chi connectivity index (χ0n) is 13.8. The van der Waals surface area contributed by atoms with E-state index in [2.05, 4.69) is 36.1 Å². The van der Waals surface area contributed by atoms with Gasteiger partial charge in [0.25, 0.3) is 9.05 Å². The van der Waals surface area contributed by atoms with Crippen molar-refractivity contribution in [2.45, 2.75) is 37.1 Å². The fourth-order valence-corrected chi connectivity index (χ4v) is 4.04. The minimum absolute atomic E-state index is 0.129. The van der Waals surface area contributed by atoms with E-state index in [0.29, 0.717) is 6.04 Å². The standard InChI is InChI=1S/C19H22ClNO2S/c1-15-3-2-13-21(15)14-12-16-4-6-17(7-5-16)18-8-10-19(11-9-18)24(20,22)23/h4-11,15H,2-3,12-14H2,1H3. The lowest BCUT2D eigenvalue weighted by molar-refractivity contribution is 0.272. The van der Waals surface area contributed by atoms with Crippen LogP contribution in [-0.2, 0) is 15.5 Å². The fourth-order valence-electron chi connectivity index (χ4n) is 3.27. The van der Waals surface area contributed by atoms with Crippen LogP contribution in [0.15, 0.2) is 53.4 Å². The monoisotopic (exact) mass is 363 g/mol. The first-order valence-electron chi connectivity index (χ1n) is 8.31. The van der Waals surface area contributed by atoms with E-state index in [4.69, 9.17) is 10.7 Å². The van der Waals surface area contributed by atoms with Crippen LogP contribution >= 0.6 is 10.7 Å². The molecule has 0 bridgehead atoms. The highest BCUT2D eigenvalue weighted by atomic mass is 35.7. The SMILES string of the molecule is CC1CCCN1CCc1ccc(-c2ccc(S(=O)(=O)Cl)cc2)cc1. The average Bonchev–Trinajstić information content (AvgIpc) is 2.98. The lowest BCUT2D eigenvalue weighted by Crippen LogP contribution is -2.28. The number of likely N-dealkylation sites (tertiary alicyclic amines) is 1. The number of rotatable bonds is 5. The first kappa shape index (κ1) is 17.5. The van der Waals surface area contributed by atoms with Crippen LogP contribution < -0.4 is 0 Å². The van der Waals surface area contributed by atoms with Gasteiger partial charge in [-0.25, -0.2) is 8.42 Å². The maximum Gasteiger partial charge on any atom is 0.261 e. The van der Waals surface area contributed by atoms with Gasteiger partial charge in [-0.05, 0) is 61.6 Å². The molecule has 1 aliphatic heterocycles. The van der Waals surface area contributed by atoms with Crippen LogP contribution in [0.3, 0.4) is 0 Å². The third-order valence-electron chi connectivity index (χ3n) is 4.80. The van der Waals surface area contributed by atoms with Gasteiger partial charge in [-0.3, -0.25) is 0 Å². The molecule has 3 rings (SSSR count). The molecule has 2 aromatic carbocycles. The molecule has 0 aliphatic carbocycles. The molecule has 1 heterocycles. The number of halogens is 1. The molecule has 2 aromatic rings. The quantitative estimate of drug-likeness (QED) is 0.743. The topological polar surface area (TPSA) is 37.4 Å². The third kappa shape index (κ3) is 4.18. The summed E-state index contributed by atoms with van der Waals surface area (Å²) in [4.78, 5) is 2.68. The highest BCUT2D eigenvalue weighted by molar-refractivity contribution is 8.13. The summed E-state index contributed by atoms with van der Waals surface area (Å²) in [7, 11) is 1.68. The predicted octanol–water partition coefficient (Wildman–Crippen LogP) is 4.31. The minimum Gasteiger partial charge on any atom is -0.300 e. The molecule has 1 saturated heterocycles. The van der Waals surface area contributed by atoms with E-state index in [1.165, 1.54) is 24.9 Å². The Kier molecular flexibility index (Phi) is 5.28.